The van der Waals surface area contributed by atoms with Gasteiger partial charge in [-0.25, -0.2) is 4.79 Å². The van der Waals surface area contributed by atoms with Crippen LogP contribution in [0.1, 0.15) is 24.0 Å². The lowest BCUT2D eigenvalue weighted by atomic mass is 9.69. The van der Waals surface area contributed by atoms with Crippen LogP contribution in [0.5, 0.6) is 11.5 Å². The Hall–Kier alpha value is -2.63. The van der Waals surface area contributed by atoms with Crippen LogP contribution in [0.2, 0.25) is 0 Å². The first kappa shape index (κ1) is 17.8. The number of para-hydroxylation sites is 2. The molecule has 4 rings (SSSR count). The second-order valence-corrected chi connectivity index (χ2v) is 7.13. The van der Waals surface area contributed by atoms with Gasteiger partial charge in [0.05, 0.1) is 0 Å². The number of carbonyl (C=O) groups is 1. The molecule has 3 atom stereocenters. The highest BCUT2D eigenvalue weighted by atomic mass is 16.6. The molecule has 0 aromatic heterocycles. The van der Waals surface area contributed by atoms with Gasteiger partial charge in [-0.1, -0.05) is 42.5 Å². The van der Waals surface area contributed by atoms with E-state index in [0.29, 0.717) is 35.6 Å². The van der Waals surface area contributed by atoms with Crippen LogP contribution in [0.4, 0.5) is 0 Å². The molecule has 0 radical (unpaired) electrons. The van der Waals surface area contributed by atoms with E-state index < -0.39 is 11.6 Å². The normalized spacial score (nSPS) is 24.6. The molecule has 140 valence electrons. The van der Waals surface area contributed by atoms with Gasteiger partial charge >= 0.3 is 5.97 Å². The van der Waals surface area contributed by atoms with Crippen LogP contribution in [-0.4, -0.2) is 23.7 Å². The van der Waals surface area contributed by atoms with Gasteiger partial charge in [0.2, 0.25) is 5.60 Å². The molecule has 2 unspecified atom stereocenters. The van der Waals surface area contributed by atoms with Crippen LogP contribution in [0, 0.1) is 11.8 Å². The first-order valence-electron chi connectivity index (χ1n) is 9.22. The summed E-state index contributed by atoms with van der Waals surface area (Å²) in [7, 11) is 0. The molecular formula is C22H23NO4. The average Bonchev–Trinajstić information content (AvgIpc) is 2.69. The van der Waals surface area contributed by atoms with Gasteiger partial charge in [-0.15, -0.1) is 6.58 Å². The van der Waals surface area contributed by atoms with Crippen molar-refractivity contribution in [3.63, 3.8) is 0 Å². The third-order valence-electron chi connectivity index (χ3n) is 5.66. The van der Waals surface area contributed by atoms with Crippen LogP contribution in [0.25, 0.3) is 0 Å². The summed E-state index contributed by atoms with van der Waals surface area (Å²) in [5.74, 6) is 0.652. The fraction of sp³-hybridized carbons (Fsp3) is 0.318. The van der Waals surface area contributed by atoms with E-state index in [1.54, 1.807) is 48.5 Å². The summed E-state index contributed by atoms with van der Waals surface area (Å²) >= 11 is 0. The predicted molar refractivity (Wildman–Crippen MR) is 101 cm³/mol. The van der Waals surface area contributed by atoms with E-state index in [4.69, 9.17) is 15.2 Å². The summed E-state index contributed by atoms with van der Waals surface area (Å²) in [4.78, 5) is 13.2. The summed E-state index contributed by atoms with van der Waals surface area (Å²) in [5.41, 5.74) is 4.58. The standard InChI is InChI=1S/C22H23NO4/c1-2-14-13-20(15(14)11-12-23)27-21(24)22(25)16-7-3-5-9-18(16)26-19-10-6-4-8-17(19)22/h2-10,14-15,20,25H,1,11-13,23H2/t14?,15?,20-/m0/s1. The number of aliphatic hydroxyl groups is 1. The Morgan fingerprint density at radius 1 is 1.22 bits per heavy atom. The molecule has 2 aromatic carbocycles. The minimum absolute atomic E-state index is 0.144. The van der Waals surface area contributed by atoms with Crippen molar-refractivity contribution in [2.75, 3.05) is 6.54 Å². The van der Waals surface area contributed by atoms with Crippen LogP contribution < -0.4 is 10.5 Å². The number of ether oxygens (including phenoxy) is 2. The van der Waals surface area contributed by atoms with Crippen molar-refractivity contribution in [1.82, 2.24) is 0 Å². The molecule has 0 amide bonds. The van der Waals surface area contributed by atoms with Crippen LogP contribution >= 0.6 is 0 Å². The van der Waals surface area contributed by atoms with Gasteiger partial charge in [0.25, 0.3) is 0 Å². The summed E-state index contributed by atoms with van der Waals surface area (Å²) in [5, 5.41) is 11.6. The summed E-state index contributed by atoms with van der Waals surface area (Å²) in [6.07, 6.45) is 3.08. The molecule has 1 aliphatic carbocycles. The minimum atomic E-state index is -1.90. The van der Waals surface area contributed by atoms with Gasteiger partial charge in [0.1, 0.15) is 17.6 Å². The molecule has 3 N–H and O–H groups in total. The maximum atomic E-state index is 13.2. The summed E-state index contributed by atoms with van der Waals surface area (Å²) in [6.45, 7) is 4.37. The molecule has 0 saturated heterocycles. The van der Waals surface area contributed by atoms with Gasteiger partial charge < -0.3 is 20.3 Å². The van der Waals surface area contributed by atoms with E-state index in [1.165, 1.54) is 0 Å². The fourth-order valence-corrected chi connectivity index (χ4v) is 4.11. The van der Waals surface area contributed by atoms with Crippen molar-refractivity contribution in [3.05, 3.63) is 72.3 Å². The molecule has 2 aromatic rings. The monoisotopic (exact) mass is 365 g/mol. The number of fused-ring (bicyclic) bond motifs is 2. The Bertz CT molecular complexity index is 833. The first-order chi connectivity index (χ1) is 13.1. The lowest BCUT2D eigenvalue weighted by Gasteiger charge is -2.44. The molecule has 1 fully saturated rings. The average molecular weight is 365 g/mol. The van der Waals surface area contributed by atoms with Gasteiger partial charge in [0.15, 0.2) is 0 Å². The SMILES string of the molecule is C=CC1C[C@H](OC(=O)C2(O)c3ccccc3Oc3ccccc32)C1CCN. The van der Waals surface area contributed by atoms with Crippen molar-refractivity contribution in [2.45, 2.75) is 24.5 Å². The molecule has 5 nitrogen and oxygen atoms in total. The second-order valence-electron chi connectivity index (χ2n) is 7.13. The molecule has 1 aliphatic heterocycles. The van der Waals surface area contributed by atoms with Crippen molar-refractivity contribution in [3.8, 4) is 11.5 Å². The van der Waals surface area contributed by atoms with Crippen molar-refractivity contribution >= 4 is 5.97 Å². The Kier molecular flexibility index (Phi) is 4.50. The first-order valence-corrected chi connectivity index (χ1v) is 9.22. The smallest absolute Gasteiger partial charge is 0.348 e. The Labute approximate surface area is 158 Å². The molecule has 1 heterocycles. The van der Waals surface area contributed by atoms with Crippen LogP contribution in [-0.2, 0) is 15.1 Å². The Balaban J connectivity index is 1.68. The van der Waals surface area contributed by atoms with Crippen molar-refractivity contribution in [2.24, 2.45) is 17.6 Å². The third-order valence-corrected chi connectivity index (χ3v) is 5.66. The zero-order chi connectivity index (χ0) is 19.0. The predicted octanol–water partition coefficient (Wildman–Crippen LogP) is 3.11. The molecular weight excluding hydrogens is 342 g/mol. The topological polar surface area (TPSA) is 81.8 Å². The highest BCUT2D eigenvalue weighted by molar-refractivity contribution is 5.88. The maximum Gasteiger partial charge on any atom is 0.348 e. The number of rotatable bonds is 5. The third kappa shape index (κ3) is 2.74. The summed E-state index contributed by atoms with van der Waals surface area (Å²) in [6, 6.07) is 14.0. The number of benzene rings is 2. The highest BCUT2D eigenvalue weighted by Crippen LogP contribution is 2.48. The van der Waals surface area contributed by atoms with Crippen molar-refractivity contribution in [1.29, 1.82) is 0 Å². The molecule has 0 bridgehead atoms. The molecule has 5 heteroatoms. The molecule has 27 heavy (non-hydrogen) atoms. The second kappa shape index (κ2) is 6.83. The number of nitrogens with two attached hydrogens (primary N) is 1. The zero-order valence-electron chi connectivity index (χ0n) is 15.0. The molecule has 1 saturated carbocycles. The van der Waals surface area contributed by atoms with E-state index in [2.05, 4.69) is 6.58 Å². The van der Waals surface area contributed by atoms with Gasteiger partial charge in [-0.2, -0.15) is 0 Å². The lowest BCUT2D eigenvalue weighted by Crippen LogP contribution is -2.49. The summed E-state index contributed by atoms with van der Waals surface area (Å²) < 4.78 is 11.7. The van der Waals surface area contributed by atoms with E-state index in [0.717, 1.165) is 6.42 Å². The quantitative estimate of drug-likeness (QED) is 0.628. The van der Waals surface area contributed by atoms with E-state index >= 15 is 0 Å². The molecule has 2 aliphatic rings. The number of allylic oxidation sites excluding steroid dienone is 1. The van der Waals surface area contributed by atoms with E-state index in [-0.39, 0.29) is 17.9 Å². The van der Waals surface area contributed by atoms with E-state index in [9.17, 15) is 9.90 Å². The highest BCUT2D eigenvalue weighted by Gasteiger charge is 2.51. The number of hydrogen-bond acceptors (Lipinski definition) is 5. The molecule has 0 spiro atoms. The number of hydrogen-bond donors (Lipinski definition) is 2. The Morgan fingerprint density at radius 3 is 2.37 bits per heavy atom. The Morgan fingerprint density at radius 2 is 1.81 bits per heavy atom. The zero-order valence-corrected chi connectivity index (χ0v) is 15.0. The van der Waals surface area contributed by atoms with Gasteiger partial charge in [0, 0.05) is 17.0 Å². The van der Waals surface area contributed by atoms with Crippen LogP contribution in [0.15, 0.2) is 61.2 Å². The number of esters is 1. The van der Waals surface area contributed by atoms with Crippen LogP contribution in [0.3, 0.4) is 0 Å². The lowest BCUT2D eigenvalue weighted by molar-refractivity contribution is -0.180. The largest absolute Gasteiger partial charge is 0.459 e. The minimum Gasteiger partial charge on any atom is -0.459 e. The number of carbonyl (C=O) groups excluding carboxylic acids is 1. The fourth-order valence-electron chi connectivity index (χ4n) is 4.11. The van der Waals surface area contributed by atoms with E-state index in [1.807, 2.05) is 6.08 Å². The van der Waals surface area contributed by atoms with Crippen molar-refractivity contribution < 1.29 is 19.4 Å². The maximum absolute atomic E-state index is 13.2. The van der Waals surface area contributed by atoms with Gasteiger partial charge in [-0.3, -0.25) is 0 Å². The van der Waals surface area contributed by atoms with Gasteiger partial charge in [-0.05, 0) is 37.4 Å².